The van der Waals surface area contributed by atoms with E-state index in [0.29, 0.717) is 5.56 Å². The summed E-state index contributed by atoms with van der Waals surface area (Å²) in [6.45, 7) is 3.44. The van der Waals surface area contributed by atoms with Crippen LogP contribution < -0.4 is 33.2 Å². The number of rotatable bonds is 20. The van der Waals surface area contributed by atoms with Crippen LogP contribution in [-0.4, -0.2) is 112 Å². The number of phenols is 1. The van der Waals surface area contributed by atoms with Gasteiger partial charge in [0.2, 0.25) is 17.7 Å². The second kappa shape index (κ2) is 19.1. The van der Waals surface area contributed by atoms with E-state index >= 15 is 0 Å². The van der Waals surface area contributed by atoms with Crippen LogP contribution in [0.15, 0.2) is 23.2 Å². The number of aliphatic hydroxyl groups excluding tert-OH is 2. The maximum atomic E-state index is 13.8. The molecule has 0 aromatic heterocycles. The number of nitrogens with one attached hydrogen (secondary N) is 3. The zero-order valence-corrected chi connectivity index (χ0v) is 29.5. The molecule has 1 aromatic rings. The Labute approximate surface area is 309 Å². The first-order valence-corrected chi connectivity index (χ1v) is 16.7. The molecule has 0 saturated heterocycles. The number of esters is 1. The van der Waals surface area contributed by atoms with Crippen molar-refractivity contribution in [1.29, 1.82) is 0 Å². The first kappa shape index (κ1) is 46.2. The average molecular weight is 804 g/mol. The monoisotopic (exact) mass is 803 g/mol. The number of aromatic hydroxyl groups is 1. The van der Waals surface area contributed by atoms with Gasteiger partial charge < -0.3 is 53.2 Å². The van der Waals surface area contributed by atoms with Crippen LogP contribution in [0.1, 0.15) is 68.3 Å². The zero-order valence-electron chi connectivity index (χ0n) is 29.5. The van der Waals surface area contributed by atoms with Crippen LogP contribution in [0.3, 0.4) is 0 Å². The lowest BCUT2D eigenvalue weighted by Gasteiger charge is -2.34. The van der Waals surface area contributed by atoms with Crippen LogP contribution in [0.5, 0.6) is 5.75 Å². The summed E-state index contributed by atoms with van der Waals surface area (Å²) in [6, 6.07) is -0.299. The second-order valence-electron chi connectivity index (χ2n) is 13.3. The van der Waals surface area contributed by atoms with Gasteiger partial charge in [0.1, 0.15) is 29.6 Å². The van der Waals surface area contributed by atoms with Gasteiger partial charge in [-0.3, -0.25) is 24.2 Å². The van der Waals surface area contributed by atoms with E-state index < -0.39 is 103 Å². The average Bonchev–Trinajstić information content (AvgIpc) is 3.06. The molecule has 1 aromatic carbocycles. The van der Waals surface area contributed by atoms with E-state index in [2.05, 4.69) is 15.6 Å². The number of carbonyl (C=O) groups is 5. The van der Waals surface area contributed by atoms with Crippen molar-refractivity contribution in [2.75, 3.05) is 6.54 Å². The topological polar surface area (TPSA) is 282 Å². The third-order valence-corrected chi connectivity index (χ3v) is 8.35. The first-order valence-electron chi connectivity index (χ1n) is 16.7. The van der Waals surface area contributed by atoms with E-state index in [9.17, 15) is 70.0 Å². The minimum absolute atomic E-state index is 0.0463. The number of nitrogens with zero attached hydrogens (tertiary/aromatic N) is 1. The summed E-state index contributed by atoms with van der Waals surface area (Å²) < 4.78 is 97.0. The lowest BCUT2D eigenvalue weighted by atomic mass is 9.90. The van der Waals surface area contributed by atoms with Gasteiger partial charge in [-0.15, -0.1) is 0 Å². The molecule has 0 spiro atoms. The van der Waals surface area contributed by atoms with Crippen molar-refractivity contribution < 1.29 is 74.8 Å². The molecule has 0 unspecified atom stereocenters. The molecule has 310 valence electrons. The summed E-state index contributed by atoms with van der Waals surface area (Å²) in [5.74, 6) is -19.5. The maximum absolute atomic E-state index is 13.8. The minimum Gasteiger partial charge on any atom is -0.507 e. The first-order chi connectivity index (χ1) is 25.3. The molecule has 16 nitrogen and oxygen atoms in total. The summed E-state index contributed by atoms with van der Waals surface area (Å²) in [5.41, 5.74) is 16.1. The number of cyclic esters (lactones) is 1. The third-order valence-electron chi connectivity index (χ3n) is 8.35. The molecular formula is C32H44F7N7O9. The fourth-order valence-corrected chi connectivity index (χ4v) is 5.57. The fourth-order valence-electron chi connectivity index (χ4n) is 5.57. The van der Waals surface area contributed by atoms with Crippen molar-refractivity contribution in [2.45, 2.75) is 113 Å². The van der Waals surface area contributed by atoms with Gasteiger partial charge in [-0.2, -0.15) is 30.7 Å². The number of hydrogen-bond donors (Lipinski definition) is 9. The molecule has 6 atom stereocenters. The number of fused-ring (bicyclic) bond motifs is 1. The van der Waals surface area contributed by atoms with Crippen LogP contribution in [0, 0.1) is 5.92 Å². The predicted octanol–water partition coefficient (Wildman–Crippen LogP) is 0.238. The smallest absolute Gasteiger partial charge is 0.459 e. The van der Waals surface area contributed by atoms with Crippen molar-refractivity contribution in [3.63, 3.8) is 0 Å². The normalized spacial score (nSPS) is 17.5. The molecule has 0 fully saturated rings. The Morgan fingerprint density at radius 2 is 1.62 bits per heavy atom. The molecule has 1 aliphatic rings. The summed E-state index contributed by atoms with van der Waals surface area (Å²) in [4.78, 5) is 67.1. The highest BCUT2D eigenvalue weighted by molar-refractivity contribution is 5.95. The van der Waals surface area contributed by atoms with E-state index in [1.807, 2.05) is 0 Å². The lowest BCUT2D eigenvalue weighted by Crippen LogP contribution is -2.59. The molecular weight excluding hydrogens is 759 g/mol. The van der Waals surface area contributed by atoms with E-state index in [1.54, 1.807) is 25.2 Å². The summed E-state index contributed by atoms with van der Waals surface area (Å²) in [5, 5.41) is 38.6. The van der Waals surface area contributed by atoms with Gasteiger partial charge in [0.15, 0.2) is 12.1 Å². The van der Waals surface area contributed by atoms with Gasteiger partial charge in [0, 0.05) is 25.8 Å². The van der Waals surface area contributed by atoms with Crippen molar-refractivity contribution >= 4 is 35.6 Å². The fraction of sp³-hybridized carbons (Fsp3) is 0.625. The van der Waals surface area contributed by atoms with Gasteiger partial charge in [-0.1, -0.05) is 26.0 Å². The number of carbonyl (C=O) groups excluding carboxylic acids is 5. The Morgan fingerprint density at radius 1 is 0.982 bits per heavy atom. The van der Waals surface area contributed by atoms with E-state index in [1.165, 1.54) is 12.1 Å². The highest BCUT2D eigenvalue weighted by Crippen LogP contribution is 2.48. The molecule has 1 heterocycles. The number of amides is 4. The largest absolute Gasteiger partial charge is 0.507 e. The second-order valence-corrected chi connectivity index (χ2v) is 13.3. The Morgan fingerprint density at radius 3 is 2.18 bits per heavy atom. The van der Waals surface area contributed by atoms with Crippen LogP contribution >= 0.6 is 0 Å². The molecule has 55 heavy (non-hydrogen) atoms. The molecule has 0 aliphatic carbocycles. The lowest BCUT2D eigenvalue weighted by molar-refractivity contribution is -0.355. The van der Waals surface area contributed by atoms with Crippen LogP contribution in [0.25, 0.3) is 0 Å². The number of nitrogens with two attached hydrogens (primary N) is 3. The molecule has 4 amide bonds. The van der Waals surface area contributed by atoms with E-state index in [0.717, 1.165) is 0 Å². The van der Waals surface area contributed by atoms with Gasteiger partial charge >= 0.3 is 24.0 Å². The molecule has 12 N–H and O–H groups in total. The highest BCUT2D eigenvalue weighted by Gasteiger charge is 2.72. The molecule has 0 radical (unpaired) electrons. The summed E-state index contributed by atoms with van der Waals surface area (Å²) >= 11 is 0. The Bertz CT molecular complexity index is 1580. The molecule has 2 rings (SSSR count). The van der Waals surface area contributed by atoms with Crippen LogP contribution in [0.2, 0.25) is 0 Å². The maximum Gasteiger partial charge on any atom is 0.459 e. The standard InChI is InChI=1S/C32H44F7N7O9/c1-14(2)11-17(20-12-15-5-3-7-19(47)23(15)28(54)55-20)46-27(53)25(51)24(50)16(6-4-10-43-29(41)42)45-26(52)18(13-21(40)48)44-22(49)8-9-30(33,34)31(35,36)32(37,38)39/h3,5,7,14,16-18,20,24-25,47,50-51H,4,6,8-13H2,1-2H3,(H2,40,48)(H,44,49)(H,45,52)(H,46,53)(H4,41,42,43)/t16-,17-,18+,20-,24-,25-/m0/s1. The predicted molar refractivity (Wildman–Crippen MR) is 177 cm³/mol. The van der Waals surface area contributed by atoms with E-state index in [4.69, 9.17) is 21.9 Å². The van der Waals surface area contributed by atoms with Crippen LogP contribution in [0.4, 0.5) is 30.7 Å². The quantitative estimate of drug-likeness (QED) is 0.0283. The number of alkyl halides is 7. The number of ether oxygens (including phenoxy) is 1. The Hall–Kier alpha value is -4.93. The number of guanidine groups is 1. The molecule has 0 saturated carbocycles. The summed E-state index contributed by atoms with van der Waals surface area (Å²) in [7, 11) is 0. The molecule has 0 bridgehead atoms. The highest BCUT2D eigenvalue weighted by atomic mass is 19.4. The molecule has 23 heteroatoms. The van der Waals surface area contributed by atoms with Gasteiger partial charge in [0.25, 0.3) is 5.91 Å². The van der Waals surface area contributed by atoms with Crippen molar-refractivity contribution in [3.8, 4) is 5.75 Å². The number of phenolic OH excluding ortho intramolecular Hbond substituents is 1. The van der Waals surface area contributed by atoms with Crippen molar-refractivity contribution in [3.05, 3.63) is 29.3 Å². The summed E-state index contributed by atoms with van der Waals surface area (Å²) in [6.07, 6.45) is -17.4. The van der Waals surface area contributed by atoms with Gasteiger partial charge in [-0.05, 0) is 36.8 Å². The number of primary amides is 1. The Kier molecular flexibility index (Phi) is 16.0. The SMILES string of the molecule is CC(C)C[C@H](NC(=O)[C@@H](O)[C@@H](O)[C@H](CCCN=C(N)N)NC(=O)[C@@H](CC(N)=O)NC(=O)CCC(F)(F)C(F)(F)C(F)(F)F)[C@@H]1Cc2cccc(O)c2C(=O)O1. The van der Waals surface area contributed by atoms with E-state index in [-0.39, 0.29) is 55.4 Å². The van der Waals surface area contributed by atoms with Crippen molar-refractivity contribution in [1.82, 2.24) is 16.0 Å². The Balaban J connectivity index is 2.27. The third kappa shape index (κ3) is 12.8. The number of halogens is 7. The zero-order chi connectivity index (χ0) is 42.1. The molecule has 1 aliphatic heterocycles. The van der Waals surface area contributed by atoms with Gasteiger partial charge in [0.05, 0.1) is 18.5 Å². The number of hydrogen-bond acceptors (Lipinski definition) is 10. The number of aliphatic hydroxyl groups is 2. The number of aliphatic imine (C=N–C) groups is 1. The van der Waals surface area contributed by atoms with Crippen LogP contribution in [-0.2, 0) is 30.3 Å². The minimum atomic E-state index is -6.66. The number of benzene rings is 1. The van der Waals surface area contributed by atoms with Crippen molar-refractivity contribution in [2.24, 2.45) is 28.1 Å². The van der Waals surface area contributed by atoms with Gasteiger partial charge in [-0.25, -0.2) is 4.79 Å².